The summed E-state index contributed by atoms with van der Waals surface area (Å²) in [5.41, 5.74) is 5.22. The molecule has 0 N–H and O–H groups in total. The summed E-state index contributed by atoms with van der Waals surface area (Å²) >= 11 is 0. The summed E-state index contributed by atoms with van der Waals surface area (Å²) in [6.45, 7) is 7.51. The first kappa shape index (κ1) is 25.6. The highest BCUT2D eigenvalue weighted by atomic mass is 16.6. The van der Waals surface area contributed by atoms with Gasteiger partial charge in [0.2, 0.25) is 0 Å². The Bertz CT molecular complexity index is 1220. The Morgan fingerprint density at radius 3 is 2.39 bits per heavy atom. The van der Waals surface area contributed by atoms with Gasteiger partial charge in [-0.15, -0.1) is 0 Å². The molecule has 3 fully saturated rings. The zero-order valence-corrected chi connectivity index (χ0v) is 23.2. The molecule has 5 heteroatoms. The van der Waals surface area contributed by atoms with Crippen molar-refractivity contribution in [2.75, 3.05) is 18.0 Å². The van der Waals surface area contributed by atoms with Gasteiger partial charge in [0.15, 0.2) is 17.2 Å². The number of nitrogens with zero attached hydrogens (tertiary/aromatic N) is 1. The highest BCUT2D eigenvalue weighted by Gasteiger charge is 2.67. The maximum Gasteiger partial charge on any atom is 0.303 e. The normalized spacial score (nSPS) is 34.7. The van der Waals surface area contributed by atoms with E-state index in [4.69, 9.17) is 4.74 Å². The van der Waals surface area contributed by atoms with Gasteiger partial charge in [0.05, 0.1) is 0 Å². The molecular formula is C33H41NO4. The second kappa shape index (κ2) is 9.50. The van der Waals surface area contributed by atoms with Gasteiger partial charge in [0.1, 0.15) is 0 Å². The molecule has 0 bridgehead atoms. The fourth-order valence-corrected chi connectivity index (χ4v) is 9.08. The van der Waals surface area contributed by atoms with Gasteiger partial charge in [0.25, 0.3) is 0 Å². The van der Waals surface area contributed by atoms with Gasteiger partial charge in [-0.2, -0.15) is 0 Å². The van der Waals surface area contributed by atoms with E-state index in [2.05, 4.69) is 36.1 Å². The molecule has 0 radical (unpaired) electrons. The first-order valence-electron chi connectivity index (χ1n) is 14.8. The third-order valence-electron chi connectivity index (χ3n) is 10.8. The topological polar surface area (TPSA) is 63.7 Å². The number of allylic oxidation sites excluding steroid dienone is 4. The highest BCUT2D eigenvalue weighted by molar-refractivity contribution is 5.93. The molecule has 1 aromatic rings. The van der Waals surface area contributed by atoms with E-state index in [-0.39, 0.29) is 29.4 Å². The Kier molecular flexibility index (Phi) is 6.39. The first-order chi connectivity index (χ1) is 18.2. The molecule has 0 spiro atoms. The smallest absolute Gasteiger partial charge is 0.303 e. The number of hydrogen-bond donors (Lipinski definition) is 0. The average Bonchev–Trinajstić information content (AvgIpc) is 3.20. The van der Waals surface area contributed by atoms with Gasteiger partial charge in [-0.05, 0) is 111 Å². The summed E-state index contributed by atoms with van der Waals surface area (Å²) < 4.78 is 6.05. The van der Waals surface area contributed by atoms with E-state index < -0.39 is 11.0 Å². The van der Waals surface area contributed by atoms with Crippen molar-refractivity contribution in [2.24, 2.45) is 17.3 Å². The van der Waals surface area contributed by atoms with Gasteiger partial charge in [-0.1, -0.05) is 24.6 Å². The summed E-state index contributed by atoms with van der Waals surface area (Å²) in [5.74, 6) is 0.642. The van der Waals surface area contributed by atoms with Crippen LogP contribution in [0.5, 0.6) is 0 Å². The largest absolute Gasteiger partial charge is 0.451 e. The van der Waals surface area contributed by atoms with Crippen molar-refractivity contribution in [3.63, 3.8) is 0 Å². The second-order valence-corrected chi connectivity index (χ2v) is 12.7. The lowest BCUT2D eigenvalue weighted by Gasteiger charge is -2.55. The number of esters is 1. The van der Waals surface area contributed by atoms with Gasteiger partial charge < -0.3 is 9.64 Å². The number of ketones is 2. The molecule has 1 aromatic carbocycles. The molecule has 0 unspecified atom stereocenters. The molecule has 5 aliphatic rings. The molecule has 38 heavy (non-hydrogen) atoms. The van der Waals surface area contributed by atoms with Crippen molar-refractivity contribution in [1.82, 2.24) is 0 Å². The molecule has 5 nitrogen and oxygen atoms in total. The maximum atomic E-state index is 13.3. The zero-order valence-electron chi connectivity index (χ0n) is 23.2. The van der Waals surface area contributed by atoms with Crippen LogP contribution in [0.2, 0.25) is 0 Å². The number of fused-ring (bicyclic) bond motifs is 4. The summed E-state index contributed by atoms with van der Waals surface area (Å²) in [6.07, 6.45) is 11.3. The number of carbonyl (C=O) groups is 3. The van der Waals surface area contributed by atoms with Crippen LogP contribution >= 0.6 is 0 Å². The van der Waals surface area contributed by atoms with Crippen LogP contribution in [0.15, 0.2) is 47.1 Å². The van der Waals surface area contributed by atoms with Crippen molar-refractivity contribution in [1.29, 1.82) is 0 Å². The van der Waals surface area contributed by atoms with E-state index in [1.807, 2.05) is 6.08 Å². The van der Waals surface area contributed by atoms with Crippen molar-refractivity contribution in [3.05, 3.63) is 52.6 Å². The van der Waals surface area contributed by atoms with Crippen LogP contribution in [0.1, 0.15) is 96.5 Å². The van der Waals surface area contributed by atoms with E-state index in [0.29, 0.717) is 18.8 Å². The second-order valence-electron chi connectivity index (χ2n) is 12.7. The van der Waals surface area contributed by atoms with Crippen LogP contribution in [-0.2, 0) is 19.1 Å². The molecular weight excluding hydrogens is 474 g/mol. The predicted octanol–water partition coefficient (Wildman–Crippen LogP) is 6.47. The lowest BCUT2D eigenvalue weighted by atomic mass is 9.50. The molecule has 5 atom stereocenters. The number of benzene rings is 1. The number of Topliss-reactive ketones (excluding diaryl/α,β-unsaturated/α-hetero) is 1. The van der Waals surface area contributed by atoms with Crippen molar-refractivity contribution >= 4 is 23.2 Å². The fraction of sp³-hybridized carbons (Fsp3) is 0.606. The number of piperidine rings is 1. The molecule has 2 saturated carbocycles. The Morgan fingerprint density at radius 2 is 1.71 bits per heavy atom. The van der Waals surface area contributed by atoms with Gasteiger partial charge in [-0.25, -0.2) is 0 Å². The number of carbonyl (C=O) groups excluding carboxylic acids is 3. The molecule has 1 aliphatic heterocycles. The minimum absolute atomic E-state index is 0.0207. The summed E-state index contributed by atoms with van der Waals surface area (Å²) in [6, 6.07) is 9.15. The molecule has 0 aromatic heterocycles. The highest BCUT2D eigenvalue weighted by Crippen LogP contribution is 2.67. The Hall–Kier alpha value is -2.69. The zero-order chi connectivity index (χ0) is 26.7. The van der Waals surface area contributed by atoms with Crippen LogP contribution < -0.4 is 4.90 Å². The monoisotopic (exact) mass is 515 g/mol. The number of anilines is 1. The summed E-state index contributed by atoms with van der Waals surface area (Å²) in [7, 11) is 0. The maximum absolute atomic E-state index is 13.3. The van der Waals surface area contributed by atoms with E-state index in [0.717, 1.165) is 45.2 Å². The molecule has 4 aliphatic carbocycles. The van der Waals surface area contributed by atoms with E-state index in [1.165, 1.54) is 54.2 Å². The van der Waals surface area contributed by atoms with E-state index in [1.54, 1.807) is 6.92 Å². The molecule has 0 amide bonds. The average molecular weight is 516 g/mol. The van der Waals surface area contributed by atoms with Crippen molar-refractivity contribution in [2.45, 2.75) is 96.5 Å². The van der Waals surface area contributed by atoms with Gasteiger partial charge in [-0.3, -0.25) is 14.4 Å². The standard InChI is InChI=1S/C33H41NO4/c1-21(35)33(38-22(2)36)16-15-30-28-13-9-24-19-26(37)12-14-27(24)31(28)29(20-32(30,33)3)23-7-10-25(11-8-23)34-17-5-4-6-18-34/h7-8,10-11,19,28-30H,4-6,9,12-18,20H2,1-3H3/t28-,29+,30-,32-,33-/m0/s1. The Balaban J connectivity index is 1.46. The van der Waals surface area contributed by atoms with E-state index >= 15 is 0 Å². The SMILES string of the molecule is CC(=O)O[C@]1(C(C)=O)CC[C@H]2[C@@H]3CCC4=CC(=O)CCC4=C3[C@@H](c3ccc(N4CCCCC4)cc3)C[C@@]21C. The predicted molar refractivity (Wildman–Crippen MR) is 148 cm³/mol. The van der Waals surface area contributed by atoms with Gasteiger partial charge >= 0.3 is 5.97 Å². The molecule has 6 rings (SSSR count). The lowest BCUT2D eigenvalue weighted by molar-refractivity contribution is -0.182. The summed E-state index contributed by atoms with van der Waals surface area (Å²) in [5, 5.41) is 0. The van der Waals surface area contributed by atoms with Crippen LogP contribution in [0.25, 0.3) is 0 Å². The quantitative estimate of drug-likeness (QED) is 0.430. The number of hydrogen-bond acceptors (Lipinski definition) is 5. The fourth-order valence-electron chi connectivity index (χ4n) is 9.08. The van der Waals surface area contributed by atoms with Gasteiger partial charge in [0, 0.05) is 43.5 Å². The third-order valence-corrected chi connectivity index (χ3v) is 10.8. The molecule has 1 saturated heterocycles. The first-order valence-corrected chi connectivity index (χ1v) is 14.8. The minimum Gasteiger partial charge on any atom is -0.451 e. The van der Waals surface area contributed by atoms with Crippen LogP contribution in [0.4, 0.5) is 5.69 Å². The molecule has 1 heterocycles. The van der Waals surface area contributed by atoms with Crippen molar-refractivity contribution in [3.8, 4) is 0 Å². The number of rotatable bonds is 4. The minimum atomic E-state index is -1.07. The van der Waals surface area contributed by atoms with Crippen LogP contribution in [0.3, 0.4) is 0 Å². The Morgan fingerprint density at radius 1 is 0.974 bits per heavy atom. The lowest BCUT2D eigenvalue weighted by Crippen LogP contribution is -2.57. The Labute approximate surface area is 226 Å². The number of ether oxygens (including phenoxy) is 1. The third kappa shape index (κ3) is 3.91. The van der Waals surface area contributed by atoms with Crippen molar-refractivity contribution < 1.29 is 19.1 Å². The van der Waals surface area contributed by atoms with Crippen LogP contribution in [-0.4, -0.2) is 36.2 Å². The van der Waals surface area contributed by atoms with Crippen LogP contribution in [0, 0.1) is 17.3 Å². The molecule has 202 valence electrons. The summed E-state index contributed by atoms with van der Waals surface area (Å²) in [4.78, 5) is 40.5. The van der Waals surface area contributed by atoms with E-state index in [9.17, 15) is 14.4 Å².